The van der Waals surface area contributed by atoms with E-state index >= 15 is 0 Å². The zero-order chi connectivity index (χ0) is 13.3. The maximum absolute atomic E-state index is 12.0. The number of sulfonamides is 1. The smallest absolute Gasteiger partial charge is 0.251 e. The van der Waals surface area contributed by atoms with Gasteiger partial charge in [-0.1, -0.05) is 6.07 Å². The Morgan fingerprint density at radius 2 is 2.00 bits per heavy atom. The van der Waals surface area contributed by atoms with E-state index in [0.29, 0.717) is 5.56 Å². The van der Waals surface area contributed by atoms with Crippen molar-refractivity contribution in [2.45, 2.75) is 30.7 Å². The highest BCUT2D eigenvalue weighted by Gasteiger charge is 2.25. The van der Waals surface area contributed by atoms with Crippen molar-refractivity contribution in [3.8, 4) is 0 Å². The van der Waals surface area contributed by atoms with Gasteiger partial charge in [0.1, 0.15) is 0 Å². The molecule has 1 aromatic rings. The Labute approximate surface area is 107 Å². The van der Waals surface area contributed by atoms with E-state index in [4.69, 9.17) is 0 Å². The van der Waals surface area contributed by atoms with E-state index in [-0.39, 0.29) is 16.8 Å². The Kier molecular flexibility index (Phi) is 3.41. The van der Waals surface area contributed by atoms with E-state index in [0.717, 1.165) is 18.4 Å². The van der Waals surface area contributed by atoms with Gasteiger partial charge in [0.2, 0.25) is 10.0 Å². The molecule has 0 heterocycles. The molecule has 0 spiro atoms. The van der Waals surface area contributed by atoms with Gasteiger partial charge in [-0.3, -0.25) is 4.79 Å². The monoisotopic (exact) mass is 268 g/mol. The zero-order valence-corrected chi connectivity index (χ0v) is 11.2. The second-order valence-electron chi connectivity index (χ2n) is 4.43. The van der Waals surface area contributed by atoms with E-state index < -0.39 is 10.0 Å². The number of amides is 1. The Balaban J connectivity index is 2.34. The quantitative estimate of drug-likeness (QED) is 0.848. The summed E-state index contributed by atoms with van der Waals surface area (Å²) in [6, 6.07) is 4.81. The number of hydrogen-bond acceptors (Lipinski definition) is 3. The first kappa shape index (κ1) is 13.0. The Bertz CT molecular complexity index is 577. The fourth-order valence-electron chi connectivity index (χ4n) is 1.62. The molecule has 2 rings (SSSR count). The Morgan fingerprint density at radius 1 is 1.33 bits per heavy atom. The third-order valence-corrected chi connectivity index (χ3v) is 4.36. The van der Waals surface area contributed by atoms with Crippen LogP contribution in [0.25, 0.3) is 0 Å². The topological polar surface area (TPSA) is 75.3 Å². The average molecular weight is 268 g/mol. The molecule has 1 aromatic carbocycles. The number of nitrogens with one attached hydrogen (secondary N) is 2. The third-order valence-electron chi connectivity index (χ3n) is 2.95. The molecule has 1 aliphatic carbocycles. The number of rotatable bonds is 4. The molecule has 0 aliphatic heterocycles. The van der Waals surface area contributed by atoms with Crippen LogP contribution in [0, 0.1) is 6.92 Å². The molecule has 1 amide bonds. The summed E-state index contributed by atoms with van der Waals surface area (Å²) < 4.78 is 25.6. The molecule has 18 heavy (non-hydrogen) atoms. The lowest BCUT2D eigenvalue weighted by molar-refractivity contribution is 0.0950. The van der Waals surface area contributed by atoms with Crippen LogP contribution < -0.4 is 10.0 Å². The molecule has 0 radical (unpaired) electrons. The molecule has 2 N–H and O–H groups in total. The molecular weight excluding hydrogens is 252 g/mol. The van der Waals surface area contributed by atoms with Crippen molar-refractivity contribution in [2.75, 3.05) is 7.05 Å². The summed E-state index contributed by atoms with van der Waals surface area (Å²) in [5.41, 5.74) is 1.18. The van der Waals surface area contributed by atoms with Crippen LogP contribution in [-0.2, 0) is 10.0 Å². The lowest BCUT2D eigenvalue weighted by Crippen LogP contribution is -2.27. The van der Waals surface area contributed by atoms with Crippen LogP contribution in [-0.4, -0.2) is 27.4 Å². The second kappa shape index (κ2) is 4.70. The molecule has 0 bridgehead atoms. The molecule has 6 heteroatoms. The van der Waals surface area contributed by atoms with Crippen LogP contribution in [0.3, 0.4) is 0 Å². The van der Waals surface area contributed by atoms with Crippen molar-refractivity contribution in [1.82, 2.24) is 10.0 Å². The lowest BCUT2D eigenvalue weighted by Gasteiger charge is -2.09. The molecule has 0 saturated heterocycles. The van der Waals surface area contributed by atoms with Gasteiger partial charge in [0.05, 0.1) is 4.90 Å². The molecule has 5 nitrogen and oxygen atoms in total. The number of carbonyl (C=O) groups is 1. The van der Waals surface area contributed by atoms with E-state index in [1.165, 1.54) is 19.2 Å². The van der Waals surface area contributed by atoms with Gasteiger partial charge in [0.25, 0.3) is 5.91 Å². The molecule has 98 valence electrons. The van der Waals surface area contributed by atoms with E-state index in [1.807, 2.05) is 0 Å². The minimum absolute atomic E-state index is 0.108. The number of benzene rings is 1. The summed E-state index contributed by atoms with van der Waals surface area (Å²) >= 11 is 0. The summed E-state index contributed by atoms with van der Waals surface area (Å²) in [6.07, 6.45) is 2.00. The number of carbonyl (C=O) groups excluding carboxylic acids is 1. The fourth-order valence-corrected chi connectivity index (χ4v) is 2.38. The first-order valence-electron chi connectivity index (χ1n) is 5.79. The van der Waals surface area contributed by atoms with Crippen LogP contribution in [0.4, 0.5) is 0 Å². The molecule has 1 fully saturated rings. The molecule has 0 atom stereocenters. The van der Waals surface area contributed by atoms with Crippen molar-refractivity contribution in [1.29, 1.82) is 0 Å². The second-order valence-corrected chi connectivity index (χ2v) is 6.32. The first-order chi connectivity index (χ1) is 8.44. The molecular formula is C12H16N2O3S. The van der Waals surface area contributed by atoms with Gasteiger partial charge in [-0.05, 0) is 44.5 Å². The van der Waals surface area contributed by atoms with Crippen molar-refractivity contribution < 1.29 is 13.2 Å². The van der Waals surface area contributed by atoms with Gasteiger partial charge in [-0.2, -0.15) is 0 Å². The minimum atomic E-state index is -3.51. The molecule has 1 aliphatic rings. The highest BCUT2D eigenvalue weighted by molar-refractivity contribution is 7.89. The summed E-state index contributed by atoms with van der Waals surface area (Å²) in [6.45, 7) is 1.79. The van der Waals surface area contributed by atoms with Crippen molar-refractivity contribution in [2.24, 2.45) is 0 Å². The fraction of sp³-hybridized carbons (Fsp3) is 0.417. The van der Waals surface area contributed by atoms with E-state index in [1.54, 1.807) is 13.0 Å². The zero-order valence-electron chi connectivity index (χ0n) is 10.4. The highest BCUT2D eigenvalue weighted by atomic mass is 32.2. The molecule has 0 aromatic heterocycles. The number of aryl methyl sites for hydroxylation is 1. The summed E-state index contributed by atoms with van der Waals surface area (Å²) in [5, 5.41) is 2.85. The SMILES string of the molecule is CNS(=O)(=O)c1ccc(C)c(C(=O)NC2CC2)c1. The Morgan fingerprint density at radius 3 is 2.56 bits per heavy atom. The number of hydrogen-bond donors (Lipinski definition) is 2. The van der Waals surface area contributed by atoms with Crippen LogP contribution in [0.2, 0.25) is 0 Å². The van der Waals surface area contributed by atoms with E-state index in [9.17, 15) is 13.2 Å². The summed E-state index contributed by atoms with van der Waals surface area (Å²) in [4.78, 5) is 12.1. The average Bonchev–Trinajstić information content (AvgIpc) is 3.13. The standard InChI is InChI=1S/C12H16N2O3S/c1-8-3-6-10(18(16,17)13-2)7-11(8)12(15)14-9-4-5-9/h3,6-7,9,13H,4-5H2,1-2H3,(H,14,15). The van der Waals surface area contributed by atoms with E-state index in [2.05, 4.69) is 10.0 Å². The van der Waals surface area contributed by atoms with Crippen LogP contribution in [0.1, 0.15) is 28.8 Å². The van der Waals surface area contributed by atoms with Crippen molar-refractivity contribution in [3.63, 3.8) is 0 Å². The van der Waals surface area contributed by atoms with Crippen LogP contribution in [0.5, 0.6) is 0 Å². The summed E-state index contributed by atoms with van der Waals surface area (Å²) in [7, 11) is -2.17. The minimum Gasteiger partial charge on any atom is -0.349 e. The molecule has 0 unspecified atom stereocenters. The van der Waals surface area contributed by atoms with Crippen LogP contribution >= 0.6 is 0 Å². The lowest BCUT2D eigenvalue weighted by atomic mass is 10.1. The van der Waals surface area contributed by atoms with Gasteiger partial charge in [-0.15, -0.1) is 0 Å². The van der Waals surface area contributed by atoms with Crippen molar-refractivity contribution in [3.05, 3.63) is 29.3 Å². The van der Waals surface area contributed by atoms with Gasteiger partial charge < -0.3 is 5.32 Å². The predicted molar refractivity (Wildman–Crippen MR) is 67.9 cm³/mol. The molecule has 1 saturated carbocycles. The van der Waals surface area contributed by atoms with Crippen LogP contribution in [0.15, 0.2) is 23.1 Å². The maximum atomic E-state index is 12.0. The Hall–Kier alpha value is -1.40. The highest BCUT2D eigenvalue weighted by Crippen LogP contribution is 2.21. The summed E-state index contributed by atoms with van der Waals surface area (Å²) in [5.74, 6) is -0.205. The largest absolute Gasteiger partial charge is 0.349 e. The predicted octanol–water partition coefficient (Wildman–Crippen LogP) is 0.795. The maximum Gasteiger partial charge on any atom is 0.251 e. The van der Waals surface area contributed by atoms with Crippen molar-refractivity contribution >= 4 is 15.9 Å². The first-order valence-corrected chi connectivity index (χ1v) is 7.27. The third kappa shape index (κ3) is 2.70. The van der Waals surface area contributed by atoms with Gasteiger partial charge in [0, 0.05) is 11.6 Å². The van der Waals surface area contributed by atoms with Gasteiger partial charge >= 0.3 is 0 Å². The van der Waals surface area contributed by atoms with Gasteiger partial charge in [-0.25, -0.2) is 13.1 Å². The van der Waals surface area contributed by atoms with Gasteiger partial charge in [0.15, 0.2) is 0 Å². The normalized spacial score (nSPS) is 15.4.